The average molecular weight is 530 g/mol. The number of hydrogen-bond acceptors (Lipinski definition) is 4. The molecular formula is C22H26BrClN2O4S. The van der Waals surface area contributed by atoms with Gasteiger partial charge in [0.15, 0.2) is 0 Å². The van der Waals surface area contributed by atoms with Crippen LogP contribution in [0.25, 0.3) is 0 Å². The van der Waals surface area contributed by atoms with Gasteiger partial charge in [-0.1, -0.05) is 45.7 Å². The van der Waals surface area contributed by atoms with Crippen molar-refractivity contribution < 1.29 is 17.9 Å². The largest absolute Gasteiger partial charge is 0.444 e. The van der Waals surface area contributed by atoms with Gasteiger partial charge < -0.3 is 9.64 Å². The molecule has 1 unspecified atom stereocenters. The lowest BCUT2D eigenvalue weighted by Crippen LogP contribution is -2.53. The van der Waals surface area contributed by atoms with Gasteiger partial charge >= 0.3 is 6.09 Å². The highest BCUT2D eigenvalue weighted by Gasteiger charge is 2.40. The van der Waals surface area contributed by atoms with E-state index < -0.39 is 27.8 Å². The smallest absolute Gasteiger partial charge is 0.410 e. The van der Waals surface area contributed by atoms with Gasteiger partial charge in [0.2, 0.25) is 10.0 Å². The van der Waals surface area contributed by atoms with Crippen LogP contribution < -0.4 is 0 Å². The molecular weight excluding hydrogens is 504 g/mol. The van der Waals surface area contributed by atoms with E-state index in [9.17, 15) is 13.2 Å². The number of rotatable bonds is 3. The molecule has 1 atom stereocenters. The number of nitrogens with zero attached hydrogens (tertiary/aromatic N) is 2. The molecule has 1 saturated heterocycles. The molecule has 1 fully saturated rings. The quantitative estimate of drug-likeness (QED) is 0.534. The van der Waals surface area contributed by atoms with Gasteiger partial charge in [0.05, 0.1) is 10.9 Å². The summed E-state index contributed by atoms with van der Waals surface area (Å²) in [6.07, 6.45) is -0.455. The van der Waals surface area contributed by atoms with Crippen molar-refractivity contribution in [3.05, 3.63) is 63.1 Å². The van der Waals surface area contributed by atoms with E-state index in [0.717, 1.165) is 10.0 Å². The van der Waals surface area contributed by atoms with E-state index in [2.05, 4.69) is 15.9 Å². The fourth-order valence-corrected chi connectivity index (χ4v) is 6.02. The Hall–Kier alpha value is -1.61. The first kappa shape index (κ1) is 24.0. The Labute approximate surface area is 197 Å². The average Bonchev–Trinajstić information content (AvgIpc) is 2.68. The van der Waals surface area contributed by atoms with Crippen molar-refractivity contribution in [2.24, 2.45) is 0 Å². The molecule has 0 radical (unpaired) electrons. The molecule has 0 N–H and O–H groups in total. The predicted molar refractivity (Wildman–Crippen MR) is 125 cm³/mol. The van der Waals surface area contributed by atoms with Gasteiger partial charge in [-0.25, -0.2) is 13.2 Å². The van der Waals surface area contributed by atoms with Crippen LogP contribution in [0.4, 0.5) is 4.79 Å². The summed E-state index contributed by atoms with van der Waals surface area (Å²) in [4.78, 5) is 14.4. The summed E-state index contributed by atoms with van der Waals surface area (Å²) in [6, 6.07) is 11.8. The maximum atomic E-state index is 13.7. The van der Waals surface area contributed by atoms with E-state index in [-0.39, 0.29) is 24.5 Å². The molecule has 3 rings (SSSR count). The number of amides is 1. The van der Waals surface area contributed by atoms with Gasteiger partial charge in [-0.15, -0.1) is 0 Å². The molecule has 31 heavy (non-hydrogen) atoms. The van der Waals surface area contributed by atoms with Crippen molar-refractivity contribution in [2.45, 2.75) is 44.2 Å². The normalized spacial score (nSPS) is 18.1. The Morgan fingerprint density at radius 3 is 2.48 bits per heavy atom. The molecule has 0 aromatic heterocycles. The number of benzene rings is 2. The van der Waals surface area contributed by atoms with Crippen LogP contribution >= 0.6 is 27.5 Å². The Morgan fingerprint density at radius 1 is 1.16 bits per heavy atom. The van der Waals surface area contributed by atoms with Crippen LogP contribution in [0.2, 0.25) is 5.02 Å². The number of halogens is 2. The third-order valence-electron chi connectivity index (χ3n) is 5.02. The monoisotopic (exact) mass is 528 g/mol. The molecule has 6 nitrogen and oxygen atoms in total. The number of carbonyl (C=O) groups excluding carboxylic acids is 1. The van der Waals surface area contributed by atoms with Crippen molar-refractivity contribution in [3.63, 3.8) is 0 Å². The summed E-state index contributed by atoms with van der Waals surface area (Å²) in [6.45, 7) is 7.67. The number of carbonyl (C=O) groups is 1. The van der Waals surface area contributed by atoms with Crippen LogP contribution in [0.3, 0.4) is 0 Å². The Bertz CT molecular complexity index is 1090. The highest BCUT2D eigenvalue weighted by atomic mass is 79.9. The van der Waals surface area contributed by atoms with E-state index in [0.29, 0.717) is 10.6 Å². The van der Waals surface area contributed by atoms with Crippen LogP contribution in [0.15, 0.2) is 51.8 Å². The van der Waals surface area contributed by atoms with Gasteiger partial charge in [-0.2, -0.15) is 4.31 Å². The minimum atomic E-state index is -3.85. The molecule has 168 valence electrons. The van der Waals surface area contributed by atoms with Gasteiger partial charge in [0.25, 0.3) is 0 Å². The molecule has 1 heterocycles. The summed E-state index contributed by atoms with van der Waals surface area (Å²) in [5, 5.41) is 0.396. The van der Waals surface area contributed by atoms with E-state index in [1.54, 1.807) is 50.8 Å². The first-order valence-electron chi connectivity index (χ1n) is 9.90. The summed E-state index contributed by atoms with van der Waals surface area (Å²) < 4.78 is 35.1. The van der Waals surface area contributed by atoms with Crippen LogP contribution in [0.1, 0.15) is 37.9 Å². The first-order valence-corrected chi connectivity index (χ1v) is 12.5. The zero-order valence-corrected chi connectivity index (χ0v) is 21.1. The second-order valence-corrected chi connectivity index (χ2v) is 11.7. The van der Waals surface area contributed by atoms with Crippen molar-refractivity contribution in [1.29, 1.82) is 0 Å². The summed E-state index contributed by atoms with van der Waals surface area (Å²) in [5.41, 5.74) is 0.654. The minimum absolute atomic E-state index is 0.144. The summed E-state index contributed by atoms with van der Waals surface area (Å²) in [7, 11) is -3.85. The lowest BCUT2D eigenvalue weighted by atomic mass is 10.0. The number of sulfonamides is 1. The Kier molecular flexibility index (Phi) is 7.05. The van der Waals surface area contributed by atoms with Gasteiger partial charge in [-0.05, 0) is 63.1 Å². The van der Waals surface area contributed by atoms with Gasteiger partial charge in [-0.3, -0.25) is 0 Å². The standard InChI is InChI=1S/C22H26BrClN2O4S/c1-15-18(24)9-6-10-20(15)31(28,29)26-12-11-25(21(27)30-22(2,3)4)14-19(26)16-7-5-8-17(23)13-16/h5-10,13,19H,11-12,14H2,1-4H3. The lowest BCUT2D eigenvalue weighted by Gasteiger charge is -2.41. The topological polar surface area (TPSA) is 66.9 Å². The second kappa shape index (κ2) is 9.10. The van der Waals surface area contributed by atoms with Crippen LogP contribution in [0, 0.1) is 6.92 Å². The zero-order valence-electron chi connectivity index (χ0n) is 17.9. The molecule has 0 bridgehead atoms. The van der Waals surface area contributed by atoms with Crippen LogP contribution in [-0.4, -0.2) is 49.0 Å². The Balaban J connectivity index is 2.01. The molecule has 0 saturated carbocycles. The first-order chi connectivity index (χ1) is 14.4. The van der Waals surface area contributed by atoms with Gasteiger partial charge in [0.1, 0.15) is 5.60 Å². The third-order valence-corrected chi connectivity index (χ3v) is 7.98. The molecule has 1 aliphatic rings. The Morgan fingerprint density at radius 2 is 1.84 bits per heavy atom. The molecule has 2 aromatic carbocycles. The number of ether oxygens (including phenoxy) is 1. The molecule has 1 aliphatic heterocycles. The van der Waals surface area contributed by atoms with E-state index in [4.69, 9.17) is 16.3 Å². The zero-order chi connectivity index (χ0) is 23.0. The van der Waals surface area contributed by atoms with Crippen molar-refractivity contribution in [1.82, 2.24) is 9.21 Å². The van der Waals surface area contributed by atoms with E-state index >= 15 is 0 Å². The molecule has 0 aliphatic carbocycles. The fraction of sp³-hybridized carbons (Fsp3) is 0.409. The molecule has 0 spiro atoms. The van der Waals surface area contributed by atoms with E-state index in [1.165, 1.54) is 4.31 Å². The molecule has 2 aromatic rings. The van der Waals surface area contributed by atoms with Gasteiger partial charge in [0, 0.05) is 29.1 Å². The van der Waals surface area contributed by atoms with Crippen LogP contribution in [-0.2, 0) is 14.8 Å². The maximum absolute atomic E-state index is 13.7. The predicted octanol–water partition coefficient (Wildman–Crippen LogP) is 5.39. The van der Waals surface area contributed by atoms with E-state index in [1.807, 2.05) is 24.3 Å². The highest BCUT2D eigenvalue weighted by molar-refractivity contribution is 9.10. The number of hydrogen-bond donors (Lipinski definition) is 0. The highest BCUT2D eigenvalue weighted by Crippen LogP contribution is 2.35. The molecule has 1 amide bonds. The van der Waals surface area contributed by atoms with Crippen molar-refractivity contribution in [3.8, 4) is 0 Å². The fourth-order valence-electron chi connectivity index (χ4n) is 3.53. The van der Waals surface area contributed by atoms with Crippen molar-refractivity contribution in [2.75, 3.05) is 19.6 Å². The van der Waals surface area contributed by atoms with Crippen molar-refractivity contribution >= 4 is 43.6 Å². The third kappa shape index (κ3) is 5.42. The number of piperazine rings is 1. The second-order valence-electron chi connectivity index (χ2n) is 8.48. The SMILES string of the molecule is Cc1c(Cl)cccc1S(=O)(=O)N1CCN(C(=O)OC(C)(C)C)CC1c1cccc(Br)c1. The molecule has 9 heteroatoms. The summed E-state index contributed by atoms with van der Waals surface area (Å²) >= 11 is 9.66. The lowest BCUT2D eigenvalue weighted by molar-refractivity contribution is 0.0131. The summed E-state index contributed by atoms with van der Waals surface area (Å²) in [5.74, 6) is 0. The maximum Gasteiger partial charge on any atom is 0.410 e. The minimum Gasteiger partial charge on any atom is -0.444 e. The van der Waals surface area contributed by atoms with Crippen LogP contribution in [0.5, 0.6) is 0 Å².